The molecule has 2 aromatic carbocycles. The molecule has 0 aliphatic heterocycles. The average molecular weight is 364 g/mol. The van der Waals surface area contributed by atoms with Crippen molar-refractivity contribution in [3.63, 3.8) is 0 Å². The Bertz CT molecular complexity index is 617. The van der Waals surface area contributed by atoms with Crippen molar-refractivity contribution in [1.29, 1.82) is 0 Å². The van der Waals surface area contributed by atoms with E-state index in [1.165, 1.54) is 20.9 Å². The maximum Gasteiger partial charge on any atom is 0.0314 e. The first-order chi connectivity index (χ1) is 9.85. The van der Waals surface area contributed by atoms with Crippen molar-refractivity contribution < 1.29 is 0 Å². The topological polar surface area (TPSA) is 12.0 Å². The Hall–Kier alpha value is -0.770. The van der Waals surface area contributed by atoms with Gasteiger partial charge in [-0.25, -0.2) is 0 Å². The van der Waals surface area contributed by atoms with Crippen molar-refractivity contribution in [1.82, 2.24) is 5.32 Å². The Kier molecular flexibility index (Phi) is 5.53. The second-order valence-corrected chi connectivity index (χ2v) is 8.19. The monoisotopic (exact) mass is 363 g/mol. The first-order valence-corrected chi connectivity index (χ1v) is 8.73. The van der Waals surface area contributed by atoms with Crippen molar-refractivity contribution in [2.24, 2.45) is 0 Å². The first-order valence-electron chi connectivity index (χ1n) is 7.12. The van der Waals surface area contributed by atoms with E-state index in [0.717, 1.165) is 11.0 Å². The molecule has 0 spiro atoms. The molecule has 2 aromatic rings. The molecule has 0 saturated carbocycles. The largest absolute Gasteiger partial charge is 0.308 e. The number of rotatable bonds is 4. The molecule has 112 valence electrons. The summed E-state index contributed by atoms with van der Waals surface area (Å²) in [6.45, 7) is 9.63. The van der Waals surface area contributed by atoms with Gasteiger partial charge < -0.3 is 5.32 Å². The van der Waals surface area contributed by atoms with Crippen molar-refractivity contribution in [2.75, 3.05) is 0 Å². The predicted molar refractivity (Wildman–Crippen MR) is 96.0 cm³/mol. The Morgan fingerprint density at radius 1 is 1.05 bits per heavy atom. The molecule has 0 bridgehead atoms. The second-order valence-electron chi connectivity index (χ2n) is 6.25. The van der Waals surface area contributed by atoms with Gasteiger partial charge in [-0.3, -0.25) is 0 Å². The van der Waals surface area contributed by atoms with Gasteiger partial charge in [0.1, 0.15) is 0 Å². The van der Waals surface area contributed by atoms with Crippen LogP contribution in [0.15, 0.2) is 56.7 Å². The zero-order valence-corrected chi connectivity index (χ0v) is 15.4. The number of halogens is 1. The van der Waals surface area contributed by atoms with Crippen molar-refractivity contribution in [3.05, 3.63) is 58.1 Å². The molecule has 0 aliphatic rings. The third-order valence-electron chi connectivity index (χ3n) is 3.08. The van der Waals surface area contributed by atoms with Crippen LogP contribution in [-0.2, 0) is 6.54 Å². The quantitative estimate of drug-likeness (QED) is 0.736. The summed E-state index contributed by atoms with van der Waals surface area (Å²) in [4.78, 5) is 2.56. The fraction of sp³-hybridized carbons (Fsp3) is 0.333. The number of hydrogen-bond acceptors (Lipinski definition) is 2. The molecule has 1 nitrogen and oxygen atoms in total. The Labute approximate surface area is 140 Å². The summed E-state index contributed by atoms with van der Waals surface area (Å²) in [6, 6.07) is 15.0. The summed E-state index contributed by atoms with van der Waals surface area (Å²) < 4.78 is 1.14. The van der Waals surface area contributed by atoms with Crippen LogP contribution in [0.4, 0.5) is 0 Å². The fourth-order valence-electron chi connectivity index (χ4n) is 1.95. The SMILES string of the molecule is Cc1ccc(Sc2ccccc2Br)c(CNC(C)(C)C)c1. The van der Waals surface area contributed by atoms with E-state index in [1.807, 2.05) is 17.8 Å². The van der Waals surface area contributed by atoms with Crippen LogP contribution in [0.2, 0.25) is 0 Å². The minimum Gasteiger partial charge on any atom is -0.308 e. The molecule has 0 heterocycles. The van der Waals surface area contributed by atoms with Gasteiger partial charge in [0.15, 0.2) is 0 Å². The molecule has 21 heavy (non-hydrogen) atoms. The zero-order valence-electron chi connectivity index (χ0n) is 13.0. The maximum atomic E-state index is 3.63. The Morgan fingerprint density at radius 3 is 2.43 bits per heavy atom. The summed E-state index contributed by atoms with van der Waals surface area (Å²) in [5, 5.41) is 3.58. The Balaban J connectivity index is 2.25. The minimum atomic E-state index is 0.124. The molecule has 0 unspecified atom stereocenters. The normalized spacial score (nSPS) is 11.7. The highest BCUT2D eigenvalue weighted by atomic mass is 79.9. The summed E-state index contributed by atoms with van der Waals surface area (Å²) in [7, 11) is 0. The summed E-state index contributed by atoms with van der Waals surface area (Å²) in [5.41, 5.74) is 2.78. The summed E-state index contributed by atoms with van der Waals surface area (Å²) in [6.07, 6.45) is 0. The second kappa shape index (κ2) is 6.99. The Morgan fingerprint density at radius 2 is 1.76 bits per heavy atom. The molecule has 0 fully saturated rings. The summed E-state index contributed by atoms with van der Waals surface area (Å²) in [5.74, 6) is 0. The lowest BCUT2D eigenvalue weighted by atomic mass is 10.1. The van der Waals surface area contributed by atoms with Crippen molar-refractivity contribution in [3.8, 4) is 0 Å². The lowest BCUT2D eigenvalue weighted by Crippen LogP contribution is -2.35. The van der Waals surface area contributed by atoms with E-state index in [4.69, 9.17) is 0 Å². The molecule has 2 rings (SSSR count). The van der Waals surface area contributed by atoms with Crippen molar-refractivity contribution >= 4 is 27.7 Å². The van der Waals surface area contributed by atoms with E-state index in [0.29, 0.717) is 0 Å². The van der Waals surface area contributed by atoms with Crippen LogP contribution in [-0.4, -0.2) is 5.54 Å². The van der Waals surface area contributed by atoms with Gasteiger partial charge in [-0.1, -0.05) is 41.6 Å². The molecule has 0 saturated heterocycles. The lowest BCUT2D eigenvalue weighted by Gasteiger charge is -2.22. The van der Waals surface area contributed by atoms with Gasteiger partial charge in [0, 0.05) is 26.3 Å². The van der Waals surface area contributed by atoms with Gasteiger partial charge in [-0.2, -0.15) is 0 Å². The smallest absolute Gasteiger partial charge is 0.0314 e. The maximum absolute atomic E-state index is 3.63. The van der Waals surface area contributed by atoms with Crippen LogP contribution in [0.3, 0.4) is 0 Å². The standard InChI is InChI=1S/C18H22BrNS/c1-13-9-10-16(14(11-13)12-20-18(2,3)4)21-17-8-6-5-7-15(17)19/h5-11,20H,12H2,1-4H3. The van der Waals surface area contributed by atoms with Crippen LogP contribution in [0.1, 0.15) is 31.9 Å². The van der Waals surface area contributed by atoms with Gasteiger partial charge in [-0.15, -0.1) is 0 Å². The molecule has 0 aromatic heterocycles. The molecule has 0 amide bonds. The van der Waals surface area contributed by atoms with Gasteiger partial charge in [0.25, 0.3) is 0 Å². The fourth-order valence-corrected chi connectivity index (χ4v) is 3.43. The highest BCUT2D eigenvalue weighted by Crippen LogP contribution is 2.35. The van der Waals surface area contributed by atoms with E-state index in [1.54, 1.807) is 0 Å². The summed E-state index contributed by atoms with van der Waals surface area (Å²) >= 11 is 5.44. The van der Waals surface area contributed by atoms with Gasteiger partial charge >= 0.3 is 0 Å². The van der Waals surface area contributed by atoms with E-state index in [-0.39, 0.29) is 5.54 Å². The molecule has 0 aliphatic carbocycles. The number of benzene rings is 2. The number of hydrogen-bond donors (Lipinski definition) is 1. The van der Waals surface area contributed by atoms with Gasteiger partial charge in [-0.05, 0) is 67.4 Å². The molecule has 3 heteroatoms. The minimum absolute atomic E-state index is 0.124. The number of nitrogens with one attached hydrogen (secondary N) is 1. The van der Waals surface area contributed by atoms with Crippen LogP contribution in [0.5, 0.6) is 0 Å². The van der Waals surface area contributed by atoms with E-state index >= 15 is 0 Å². The third kappa shape index (κ3) is 5.17. The van der Waals surface area contributed by atoms with Crippen molar-refractivity contribution in [2.45, 2.75) is 49.6 Å². The van der Waals surface area contributed by atoms with Gasteiger partial charge in [0.2, 0.25) is 0 Å². The molecule has 0 radical (unpaired) electrons. The van der Waals surface area contributed by atoms with Crippen LogP contribution in [0, 0.1) is 6.92 Å². The molecular weight excluding hydrogens is 342 g/mol. The predicted octanol–water partition coefficient (Wildman–Crippen LogP) is 5.80. The lowest BCUT2D eigenvalue weighted by molar-refractivity contribution is 0.422. The van der Waals surface area contributed by atoms with E-state index in [2.05, 4.69) is 85.3 Å². The molecule has 0 atom stereocenters. The van der Waals surface area contributed by atoms with E-state index in [9.17, 15) is 0 Å². The highest BCUT2D eigenvalue weighted by Gasteiger charge is 2.12. The highest BCUT2D eigenvalue weighted by molar-refractivity contribution is 9.10. The van der Waals surface area contributed by atoms with Crippen LogP contribution < -0.4 is 5.32 Å². The van der Waals surface area contributed by atoms with Crippen LogP contribution in [0.25, 0.3) is 0 Å². The molecule has 1 N–H and O–H groups in total. The van der Waals surface area contributed by atoms with Gasteiger partial charge in [0.05, 0.1) is 0 Å². The van der Waals surface area contributed by atoms with E-state index < -0.39 is 0 Å². The molecular formula is C18H22BrNS. The zero-order chi connectivity index (χ0) is 15.5. The number of aryl methyl sites for hydroxylation is 1. The van der Waals surface area contributed by atoms with Crippen LogP contribution >= 0.6 is 27.7 Å². The first kappa shape index (κ1) is 16.6. The third-order valence-corrected chi connectivity index (χ3v) is 5.23. The average Bonchev–Trinajstić information content (AvgIpc) is 2.40.